The van der Waals surface area contributed by atoms with Crippen LogP contribution in [-0.2, 0) is 4.74 Å². The molecule has 20 heavy (non-hydrogen) atoms. The number of nitrogens with two attached hydrogens (primary N) is 1. The minimum absolute atomic E-state index is 0.0648. The number of likely N-dealkylation sites (tertiary alicyclic amines) is 1. The smallest absolute Gasteiger partial charge is 0.129 e. The molecular formula is C15H22ClFN2O. The van der Waals surface area contributed by atoms with Crippen molar-refractivity contribution in [2.75, 3.05) is 26.8 Å². The van der Waals surface area contributed by atoms with Crippen LogP contribution in [0.4, 0.5) is 4.39 Å². The van der Waals surface area contributed by atoms with Crippen molar-refractivity contribution in [3.63, 3.8) is 0 Å². The highest BCUT2D eigenvalue weighted by molar-refractivity contribution is 6.30. The van der Waals surface area contributed by atoms with Gasteiger partial charge >= 0.3 is 0 Å². The number of ether oxygens (including phenoxy) is 1. The van der Waals surface area contributed by atoms with Gasteiger partial charge in [-0.15, -0.1) is 0 Å². The topological polar surface area (TPSA) is 38.5 Å². The molecule has 1 aliphatic rings. The first-order chi connectivity index (χ1) is 9.63. The molecule has 1 aromatic rings. The summed E-state index contributed by atoms with van der Waals surface area (Å²) in [5.41, 5.74) is 6.94. The molecule has 0 radical (unpaired) electrons. The average molecular weight is 301 g/mol. The van der Waals surface area contributed by atoms with E-state index < -0.39 is 0 Å². The molecule has 0 aromatic heterocycles. The molecule has 0 bridgehead atoms. The van der Waals surface area contributed by atoms with Crippen molar-refractivity contribution in [3.05, 3.63) is 34.6 Å². The molecule has 0 aliphatic carbocycles. The molecule has 0 spiro atoms. The number of hydrogen-bond acceptors (Lipinski definition) is 3. The maximum Gasteiger partial charge on any atom is 0.129 e. The van der Waals surface area contributed by atoms with E-state index in [1.807, 2.05) is 0 Å². The summed E-state index contributed by atoms with van der Waals surface area (Å²) in [6.45, 7) is 2.30. The lowest BCUT2D eigenvalue weighted by Gasteiger charge is -2.33. The van der Waals surface area contributed by atoms with Crippen molar-refractivity contribution in [2.45, 2.75) is 31.3 Å². The number of hydrogen-bond donors (Lipinski definition) is 1. The third-order valence-electron chi connectivity index (χ3n) is 3.90. The Hall–Kier alpha value is -0.680. The van der Waals surface area contributed by atoms with E-state index in [-0.39, 0.29) is 17.9 Å². The van der Waals surface area contributed by atoms with Crippen LogP contribution in [-0.4, -0.2) is 37.7 Å². The van der Waals surface area contributed by atoms with E-state index in [1.165, 1.54) is 6.07 Å². The largest absolute Gasteiger partial charge is 0.383 e. The van der Waals surface area contributed by atoms with Gasteiger partial charge < -0.3 is 10.5 Å². The molecule has 3 nitrogen and oxygen atoms in total. The zero-order valence-corrected chi connectivity index (χ0v) is 12.6. The maximum absolute atomic E-state index is 14.2. The molecule has 1 heterocycles. The fraction of sp³-hybridized carbons (Fsp3) is 0.600. The zero-order chi connectivity index (χ0) is 14.5. The number of methoxy groups -OCH3 is 1. The third kappa shape index (κ3) is 3.70. The molecule has 2 N–H and O–H groups in total. The van der Waals surface area contributed by atoms with Crippen molar-refractivity contribution in [1.82, 2.24) is 4.90 Å². The Kier molecular flexibility index (Phi) is 5.78. The lowest BCUT2D eigenvalue weighted by Crippen LogP contribution is -2.41. The normalized spacial score (nSPS) is 24.6. The number of nitrogens with zero attached hydrogens (tertiary/aromatic N) is 1. The summed E-state index contributed by atoms with van der Waals surface area (Å²) in [7, 11) is 1.68. The van der Waals surface area contributed by atoms with Crippen molar-refractivity contribution in [3.8, 4) is 0 Å². The number of benzene rings is 1. The van der Waals surface area contributed by atoms with Gasteiger partial charge in [-0.25, -0.2) is 4.39 Å². The van der Waals surface area contributed by atoms with E-state index in [2.05, 4.69) is 4.90 Å². The van der Waals surface area contributed by atoms with Crippen molar-refractivity contribution < 1.29 is 9.13 Å². The molecule has 5 heteroatoms. The molecule has 1 aromatic carbocycles. The quantitative estimate of drug-likeness (QED) is 0.929. The molecule has 2 rings (SSSR count). The van der Waals surface area contributed by atoms with Crippen LogP contribution in [0, 0.1) is 5.82 Å². The molecule has 2 atom stereocenters. The summed E-state index contributed by atoms with van der Waals surface area (Å²) in [6, 6.07) is 4.68. The van der Waals surface area contributed by atoms with Crippen LogP contribution in [0.5, 0.6) is 0 Å². The standard InChI is InChI=1S/C15H22ClFN2O/c1-20-9-8-19-7-3-2-4-14(18)15(19)12-6-5-11(16)10-13(12)17/h5-6,10,14-15H,2-4,7-9,18H2,1H3. The summed E-state index contributed by atoms with van der Waals surface area (Å²) in [5.74, 6) is -0.276. The lowest BCUT2D eigenvalue weighted by atomic mass is 9.96. The molecule has 1 saturated heterocycles. The van der Waals surface area contributed by atoms with Crippen molar-refractivity contribution >= 4 is 11.6 Å². The molecule has 1 aliphatic heterocycles. The van der Waals surface area contributed by atoms with Crippen LogP contribution in [0.2, 0.25) is 5.02 Å². The van der Waals surface area contributed by atoms with Gasteiger partial charge in [-0.05, 0) is 31.5 Å². The van der Waals surface area contributed by atoms with Crippen LogP contribution >= 0.6 is 11.6 Å². The molecule has 0 amide bonds. The van der Waals surface area contributed by atoms with E-state index in [9.17, 15) is 4.39 Å². The second kappa shape index (κ2) is 7.36. The summed E-state index contributed by atoms with van der Waals surface area (Å²) in [6.07, 6.45) is 3.08. The summed E-state index contributed by atoms with van der Waals surface area (Å²) < 4.78 is 19.4. The average Bonchev–Trinajstić information content (AvgIpc) is 2.59. The van der Waals surface area contributed by atoms with Gasteiger partial charge in [-0.1, -0.05) is 24.1 Å². The van der Waals surface area contributed by atoms with E-state index in [4.69, 9.17) is 22.1 Å². The Bertz CT molecular complexity index is 444. The SMILES string of the molecule is COCCN1CCCCC(N)C1c1ccc(Cl)cc1F. The second-order valence-corrected chi connectivity index (χ2v) is 5.74. The first-order valence-corrected chi connectivity index (χ1v) is 7.45. The Morgan fingerprint density at radius 2 is 2.25 bits per heavy atom. The highest BCUT2D eigenvalue weighted by Gasteiger charge is 2.30. The fourth-order valence-electron chi connectivity index (χ4n) is 2.89. The molecular weight excluding hydrogens is 279 g/mol. The highest BCUT2D eigenvalue weighted by Crippen LogP contribution is 2.31. The van der Waals surface area contributed by atoms with Crippen LogP contribution < -0.4 is 5.73 Å². The summed E-state index contributed by atoms with van der Waals surface area (Å²) in [5, 5.41) is 0.414. The van der Waals surface area contributed by atoms with E-state index >= 15 is 0 Å². The third-order valence-corrected chi connectivity index (χ3v) is 4.13. The first-order valence-electron chi connectivity index (χ1n) is 7.07. The van der Waals surface area contributed by atoms with E-state index in [0.29, 0.717) is 17.2 Å². The minimum atomic E-state index is -0.276. The van der Waals surface area contributed by atoms with Gasteiger partial charge in [0.25, 0.3) is 0 Å². The maximum atomic E-state index is 14.2. The van der Waals surface area contributed by atoms with Crippen LogP contribution in [0.3, 0.4) is 0 Å². The van der Waals surface area contributed by atoms with Gasteiger partial charge in [-0.2, -0.15) is 0 Å². The molecule has 112 valence electrons. The monoisotopic (exact) mass is 300 g/mol. The fourth-order valence-corrected chi connectivity index (χ4v) is 3.05. The van der Waals surface area contributed by atoms with Gasteiger partial charge in [-0.3, -0.25) is 4.90 Å². The molecule has 2 unspecified atom stereocenters. The molecule has 1 fully saturated rings. The Morgan fingerprint density at radius 3 is 2.95 bits per heavy atom. The van der Waals surface area contributed by atoms with Crippen molar-refractivity contribution in [2.24, 2.45) is 5.73 Å². The van der Waals surface area contributed by atoms with E-state index in [1.54, 1.807) is 19.2 Å². The Morgan fingerprint density at radius 1 is 1.45 bits per heavy atom. The van der Waals surface area contributed by atoms with Gasteiger partial charge in [0, 0.05) is 30.3 Å². The van der Waals surface area contributed by atoms with Crippen LogP contribution in [0.15, 0.2) is 18.2 Å². The summed E-state index contributed by atoms with van der Waals surface area (Å²) >= 11 is 5.84. The zero-order valence-electron chi connectivity index (χ0n) is 11.8. The van der Waals surface area contributed by atoms with Gasteiger partial charge in [0.1, 0.15) is 5.82 Å². The number of rotatable bonds is 4. The van der Waals surface area contributed by atoms with Crippen LogP contribution in [0.1, 0.15) is 30.9 Å². The van der Waals surface area contributed by atoms with E-state index in [0.717, 1.165) is 32.4 Å². The van der Waals surface area contributed by atoms with Gasteiger partial charge in [0.2, 0.25) is 0 Å². The summed E-state index contributed by atoms with van der Waals surface area (Å²) in [4.78, 5) is 2.23. The predicted octanol–water partition coefficient (Wildman–Crippen LogP) is 2.98. The highest BCUT2D eigenvalue weighted by atomic mass is 35.5. The first kappa shape index (κ1) is 15.7. The van der Waals surface area contributed by atoms with Gasteiger partial charge in [0.15, 0.2) is 0 Å². The number of halogens is 2. The molecule has 0 saturated carbocycles. The predicted molar refractivity (Wildman–Crippen MR) is 79.4 cm³/mol. The van der Waals surface area contributed by atoms with Crippen molar-refractivity contribution in [1.29, 1.82) is 0 Å². The van der Waals surface area contributed by atoms with Gasteiger partial charge in [0.05, 0.1) is 12.6 Å². The second-order valence-electron chi connectivity index (χ2n) is 5.30. The van der Waals surface area contributed by atoms with Crippen LogP contribution in [0.25, 0.3) is 0 Å². The minimum Gasteiger partial charge on any atom is -0.383 e. The lowest BCUT2D eigenvalue weighted by molar-refractivity contribution is 0.113. The Labute approximate surface area is 124 Å². The Balaban J connectivity index is 2.29.